The second-order valence-electron chi connectivity index (χ2n) is 21.3. The number of hydrogen-bond donors (Lipinski definition) is 1. The van der Waals surface area contributed by atoms with Gasteiger partial charge < -0.3 is 19.6 Å². The van der Waals surface area contributed by atoms with Crippen molar-refractivity contribution < 1.29 is 29.0 Å². The Morgan fingerprint density at radius 3 is 2.29 bits per heavy atom. The van der Waals surface area contributed by atoms with Crippen molar-refractivity contribution in [3.05, 3.63) is 41.2 Å². The van der Waals surface area contributed by atoms with Gasteiger partial charge in [-0.2, -0.15) is 0 Å². The number of allylic oxidation sites excluding steroid dienone is 2. The molecule has 5 aliphatic rings. The molecule has 0 saturated heterocycles. The van der Waals surface area contributed by atoms with Gasteiger partial charge in [-0.25, -0.2) is 0 Å². The number of fused-ring (bicyclic) bond motifs is 7. The van der Waals surface area contributed by atoms with E-state index in [4.69, 9.17) is 4.74 Å². The molecule has 310 valence electrons. The maximum Gasteiger partial charge on any atom is 0.309 e. The highest BCUT2D eigenvalue weighted by atomic mass is 16.5. The number of Topliss-reactive ketones (excluding diaryl/α,β-unsaturated/α-hetero) is 1. The Morgan fingerprint density at radius 2 is 1.66 bits per heavy atom. The van der Waals surface area contributed by atoms with Gasteiger partial charge in [-0.15, -0.1) is 0 Å². The van der Waals surface area contributed by atoms with Crippen LogP contribution in [0.25, 0.3) is 0 Å². The first-order valence-electron chi connectivity index (χ1n) is 21.6. The summed E-state index contributed by atoms with van der Waals surface area (Å²) < 4.78 is 6.19. The van der Waals surface area contributed by atoms with Crippen LogP contribution in [0.3, 0.4) is 0 Å². The third kappa shape index (κ3) is 7.08. The topological polar surface area (TPSA) is 117 Å². The molecule has 4 fully saturated rings. The number of pyridine rings is 1. The van der Waals surface area contributed by atoms with Crippen LogP contribution in [-0.2, 0) is 30.5 Å². The zero-order valence-electron chi connectivity index (χ0n) is 36.4. The fraction of sp³-hybridized carbons (Fsp3) is 0.766. The zero-order chi connectivity index (χ0) is 41.2. The van der Waals surface area contributed by atoms with Gasteiger partial charge in [-0.1, -0.05) is 60.1 Å². The molecule has 4 saturated carbocycles. The first-order valence-corrected chi connectivity index (χ1v) is 21.6. The lowest BCUT2D eigenvalue weighted by Gasteiger charge is -2.72. The molecule has 0 spiro atoms. The minimum atomic E-state index is -1.17. The van der Waals surface area contributed by atoms with Crippen molar-refractivity contribution in [2.45, 2.75) is 146 Å². The number of esters is 1. The van der Waals surface area contributed by atoms with Crippen molar-refractivity contribution in [2.75, 3.05) is 27.2 Å². The number of carbonyl (C=O) groups excluding carboxylic acids is 3. The van der Waals surface area contributed by atoms with E-state index in [-0.39, 0.29) is 51.4 Å². The Morgan fingerprint density at radius 1 is 0.946 bits per heavy atom. The van der Waals surface area contributed by atoms with E-state index in [0.717, 1.165) is 69.1 Å². The van der Waals surface area contributed by atoms with Crippen molar-refractivity contribution in [1.29, 1.82) is 0 Å². The minimum Gasteiger partial charge on any atom is -0.481 e. The number of aliphatic carboxylic acids is 1. The van der Waals surface area contributed by atoms with Crippen molar-refractivity contribution in [2.24, 2.45) is 56.2 Å². The summed E-state index contributed by atoms with van der Waals surface area (Å²) in [6.45, 7) is 21.2. The van der Waals surface area contributed by atoms with Crippen LogP contribution in [0.5, 0.6) is 0 Å². The van der Waals surface area contributed by atoms with E-state index in [0.29, 0.717) is 49.6 Å². The van der Waals surface area contributed by atoms with Gasteiger partial charge in [-0.3, -0.25) is 24.2 Å². The molecule has 9 heteroatoms. The Hall–Kier alpha value is -3.07. The summed E-state index contributed by atoms with van der Waals surface area (Å²) in [5, 5.41) is 9.64. The Balaban J connectivity index is 1.28. The van der Waals surface area contributed by atoms with E-state index in [1.165, 1.54) is 5.57 Å². The van der Waals surface area contributed by atoms with E-state index in [9.17, 15) is 24.3 Å². The first-order chi connectivity index (χ1) is 26.0. The van der Waals surface area contributed by atoms with Crippen LogP contribution in [0.2, 0.25) is 0 Å². The molecular formula is C47H71N3O6. The number of hydrogen-bond acceptors (Lipinski definition) is 7. The largest absolute Gasteiger partial charge is 0.481 e. The predicted molar refractivity (Wildman–Crippen MR) is 218 cm³/mol. The lowest BCUT2D eigenvalue weighted by Crippen LogP contribution is -2.65. The number of carboxylic acids is 1. The Bertz CT molecular complexity index is 1730. The third-order valence-electron chi connectivity index (χ3n) is 16.7. The number of ether oxygens (including phenoxy) is 1. The maximum atomic E-state index is 14.3. The average Bonchev–Trinajstić information content (AvgIpc) is 3.40. The van der Waals surface area contributed by atoms with E-state index in [1.54, 1.807) is 20.0 Å². The molecule has 1 amide bonds. The summed E-state index contributed by atoms with van der Waals surface area (Å²) in [6.07, 6.45) is 10.9. The number of ketones is 1. The molecule has 1 aromatic rings. The molecule has 0 radical (unpaired) electrons. The number of carboxylic acid groups (broad SMARTS) is 1. The van der Waals surface area contributed by atoms with Crippen molar-refractivity contribution >= 4 is 23.6 Å². The lowest BCUT2D eigenvalue weighted by atomic mass is 9.33. The molecule has 6 rings (SSSR count). The van der Waals surface area contributed by atoms with Gasteiger partial charge >= 0.3 is 11.9 Å². The van der Waals surface area contributed by atoms with Crippen molar-refractivity contribution in [3.8, 4) is 0 Å². The zero-order valence-corrected chi connectivity index (χ0v) is 36.4. The van der Waals surface area contributed by atoms with E-state index in [2.05, 4.69) is 53.5 Å². The fourth-order valence-corrected chi connectivity index (χ4v) is 13.6. The van der Waals surface area contributed by atoms with Gasteiger partial charge in [0.2, 0.25) is 5.91 Å². The minimum absolute atomic E-state index is 0.0255. The fourth-order valence-electron chi connectivity index (χ4n) is 13.6. The summed E-state index contributed by atoms with van der Waals surface area (Å²) in [5.74, 6) is 0.356. The second-order valence-corrected chi connectivity index (χ2v) is 21.3. The van der Waals surface area contributed by atoms with Crippen LogP contribution in [0, 0.1) is 56.2 Å². The highest BCUT2D eigenvalue weighted by Gasteiger charge is 2.70. The Labute approximate surface area is 336 Å². The monoisotopic (exact) mass is 774 g/mol. The third-order valence-corrected chi connectivity index (χ3v) is 16.7. The van der Waals surface area contributed by atoms with Gasteiger partial charge in [0.05, 0.1) is 30.6 Å². The number of nitrogens with zero attached hydrogens (tertiary/aromatic N) is 3. The highest BCUT2D eigenvalue weighted by molar-refractivity contribution is 6.00. The number of rotatable bonds is 12. The quantitative estimate of drug-likeness (QED) is 0.210. The van der Waals surface area contributed by atoms with Crippen LogP contribution in [0.1, 0.15) is 139 Å². The number of amides is 1. The predicted octanol–water partition coefficient (Wildman–Crippen LogP) is 8.76. The molecule has 0 bridgehead atoms. The molecular weight excluding hydrogens is 703 g/mol. The summed E-state index contributed by atoms with van der Waals surface area (Å²) in [6, 6.07) is 5.86. The summed E-state index contributed by atoms with van der Waals surface area (Å²) in [7, 11) is 3.86. The van der Waals surface area contributed by atoms with Gasteiger partial charge in [0.25, 0.3) is 0 Å². The summed E-state index contributed by atoms with van der Waals surface area (Å²) in [5.41, 5.74) is 1.93. The highest BCUT2D eigenvalue weighted by Crippen LogP contribution is 2.77. The van der Waals surface area contributed by atoms with Crippen LogP contribution in [0.15, 0.2) is 35.5 Å². The van der Waals surface area contributed by atoms with Crippen LogP contribution in [0.4, 0.5) is 0 Å². The van der Waals surface area contributed by atoms with Crippen molar-refractivity contribution in [1.82, 2.24) is 14.8 Å². The first kappa shape index (κ1) is 42.5. The van der Waals surface area contributed by atoms with Crippen LogP contribution in [-0.4, -0.2) is 76.8 Å². The smallest absolute Gasteiger partial charge is 0.309 e. The molecule has 1 N–H and O–H groups in total. The molecule has 56 heavy (non-hydrogen) atoms. The van der Waals surface area contributed by atoms with E-state index < -0.39 is 17.4 Å². The molecule has 0 aromatic carbocycles. The second kappa shape index (κ2) is 14.9. The number of likely N-dealkylation sites (N-methyl/N-ethyl adjacent to an activating group) is 1. The van der Waals surface area contributed by atoms with E-state index >= 15 is 0 Å². The van der Waals surface area contributed by atoms with Crippen LogP contribution >= 0.6 is 0 Å². The van der Waals surface area contributed by atoms with Crippen molar-refractivity contribution in [3.63, 3.8) is 0 Å². The number of carbonyl (C=O) groups is 4. The molecule has 0 aliphatic heterocycles. The summed E-state index contributed by atoms with van der Waals surface area (Å²) >= 11 is 0. The van der Waals surface area contributed by atoms with Crippen LogP contribution < -0.4 is 0 Å². The van der Waals surface area contributed by atoms with Gasteiger partial charge in [0.15, 0.2) is 5.78 Å². The SMILES string of the molecule is CC(C)C1=C2C3CCC4C5(C)CCC(OC(=O)CC(C)(C)C(=O)O)C(C)(C)C5CCC4(C)C3(C)CCC2(CCN(Cc2ccccn2)C(=O)CN(C)C)CC1=O. The van der Waals surface area contributed by atoms with Gasteiger partial charge in [0.1, 0.15) is 6.10 Å². The summed E-state index contributed by atoms with van der Waals surface area (Å²) in [4.78, 5) is 61.4. The molecule has 1 aromatic heterocycles. The maximum absolute atomic E-state index is 14.3. The lowest BCUT2D eigenvalue weighted by molar-refractivity contribution is -0.233. The van der Waals surface area contributed by atoms with E-state index in [1.807, 2.05) is 42.1 Å². The standard InChI is InChI=1S/C47H71N3O6/c1-30(2)39-33(51)26-47(23-25-50(37(52)29-49(10)11)28-31-14-12-13-24-48-31)22-21-45(8)32(40(39)47)15-16-35-44(7)19-18-36(56-38(53)27-42(3,4)41(54)55)43(5,6)34(44)17-20-46(35,45)9/h12-14,24,30,32,34-36H,15-23,25-29H2,1-11H3,(H,54,55). The average molecular weight is 774 g/mol. The number of aromatic nitrogens is 1. The van der Waals surface area contributed by atoms with Gasteiger partial charge in [0, 0.05) is 30.0 Å². The molecule has 1 heterocycles. The van der Waals surface area contributed by atoms with Gasteiger partial charge in [-0.05, 0) is 143 Å². The molecule has 9 nitrogen and oxygen atoms in total. The molecule has 5 aliphatic carbocycles. The molecule has 8 unspecified atom stereocenters. The normalized spacial score (nSPS) is 35.1. The Kier molecular flexibility index (Phi) is 11.4. The molecule has 8 atom stereocenters.